The molecule has 2 aromatic rings. The van der Waals surface area contributed by atoms with Crippen molar-refractivity contribution in [1.29, 1.82) is 0 Å². The van der Waals surface area contributed by atoms with Crippen molar-refractivity contribution >= 4 is 20.8 Å². The molecule has 1 fully saturated rings. The summed E-state index contributed by atoms with van der Waals surface area (Å²) in [5.41, 5.74) is 6.03. The van der Waals surface area contributed by atoms with Crippen LogP contribution in [0, 0.1) is 0 Å². The number of piperidine rings is 1. The molecule has 22 heavy (non-hydrogen) atoms. The average Bonchev–Trinajstić information content (AvgIpc) is 2.54. The summed E-state index contributed by atoms with van der Waals surface area (Å²) in [5, 5.41) is 1.55. The second kappa shape index (κ2) is 5.95. The average molecular weight is 319 g/mol. The van der Waals surface area contributed by atoms with Gasteiger partial charge in [-0.2, -0.15) is 4.31 Å². The predicted molar refractivity (Wildman–Crippen MR) is 86.9 cm³/mol. The lowest BCUT2D eigenvalue weighted by molar-refractivity contribution is 0.227. The topological polar surface area (TPSA) is 76.3 Å². The number of sulfonamides is 1. The first-order chi connectivity index (χ1) is 10.5. The second-order valence-corrected chi connectivity index (χ2v) is 7.75. The fraction of sp³-hybridized carbons (Fsp3) is 0.438. The summed E-state index contributed by atoms with van der Waals surface area (Å²) in [6.45, 7) is 2.42. The van der Waals surface area contributed by atoms with E-state index in [2.05, 4.69) is 4.98 Å². The van der Waals surface area contributed by atoms with Crippen LogP contribution < -0.4 is 5.73 Å². The zero-order chi connectivity index (χ0) is 15.7. The lowest BCUT2D eigenvalue weighted by Crippen LogP contribution is -2.51. The minimum Gasteiger partial charge on any atom is -0.326 e. The molecule has 2 heterocycles. The molecule has 0 saturated carbocycles. The highest BCUT2D eigenvalue weighted by Crippen LogP contribution is 2.30. The second-order valence-electron chi connectivity index (χ2n) is 5.89. The number of hydrogen-bond donors (Lipinski definition) is 1. The maximum atomic E-state index is 13.2. The zero-order valence-corrected chi connectivity index (χ0v) is 13.5. The van der Waals surface area contributed by atoms with Crippen LogP contribution in [0.1, 0.15) is 26.2 Å². The molecular weight excluding hydrogens is 298 g/mol. The van der Waals surface area contributed by atoms with Crippen LogP contribution in [-0.2, 0) is 10.0 Å². The normalized spacial score (nSPS) is 21.8. The Labute approximate surface area is 131 Å². The van der Waals surface area contributed by atoms with E-state index in [1.165, 1.54) is 0 Å². The Balaban J connectivity index is 2.11. The van der Waals surface area contributed by atoms with Gasteiger partial charge in [0.15, 0.2) is 0 Å². The number of fused-ring (bicyclic) bond motifs is 1. The van der Waals surface area contributed by atoms with Gasteiger partial charge in [0.05, 0.1) is 4.90 Å². The van der Waals surface area contributed by atoms with Crippen LogP contribution in [0.3, 0.4) is 0 Å². The molecule has 1 aromatic heterocycles. The van der Waals surface area contributed by atoms with Crippen molar-refractivity contribution in [3.05, 3.63) is 36.7 Å². The molecule has 0 spiro atoms. The summed E-state index contributed by atoms with van der Waals surface area (Å²) in [5.74, 6) is 0. The molecule has 2 atom stereocenters. The minimum absolute atomic E-state index is 0.129. The Bertz CT molecular complexity index is 769. The lowest BCUT2D eigenvalue weighted by Gasteiger charge is -2.37. The SMILES string of the molecule is C[C@H](N)[C@@H]1CCCCN1S(=O)(=O)c1cccc2cnccc12. The highest BCUT2D eigenvalue weighted by atomic mass is 32.2. The van der Waals surface area contributed by atoms with Crippen LogP contribution in [0.25, 0.3) is 10.8 Å². The van der Waals surface area contributed by atoms with Gasteiger partial charge in [-0.15, -0.1) is 0 Å². The molecule has 1 saturated heterocycles. The Kier molecular flexibility index (Phi) is 4.16. The summed E-state index contributed by atoms with van der Waals surface area (Å²) in [6.07, 6.45) is 6.05. The largest absolute Gasteiger partial charge is 0.326 e. The number of aromatic nitrogens is 1. The zero-order valence-electron chi connectivity index (χ0n) is 12.6. The molecule has 3 rings (SSSR count). The Morgan fingerprint density at radius 1 is 1.32 bits per heavy atom. The quantitative estimate of drug-likeness (QED) is 0.940. The molecule has 118 valence electrons. The third-order valence-corrected chi connectivity index (χ3v) is 6.32. The standard InChI is InChI=1S/C16H21N3O2S/c1-12(17)15-6-2-3-10-19(15)22(20,21)16-7-4-5-13-11-18-9-8-14(13)16/h4-5,7-9,11-12,15H,2-3,6,10,17H2,1H3/t12-,15-/m0/s1. The van der Waals surface area contributed by atoms with Crippen LogP contribution in [-0.4, -0.2) is 36.3 Å². The number of nitrogens with two attached hydrogens (primary N) is 1. The Hall–Kier alpha value is -1.50. The lowest BCUT2D eigenvalue weighted by atomic mass is 10.00. The van der Waals surface area contributed by atoms with Gasteiger partial charge in [0, 0.05) is 41.8 Å². The first kappa shape index (κ1) is 15.4. The Morgan fingerprint density at radius 2 is 2.14 bits per heavy atom. The molecule has 0 bridgehead atoms. The van der Waals surface area contributed by atoms with Gasteiger partial charge in [-0.25, -0.2) is 8.42 Å². The van der Waals surface area contributed by atoms with Crippen molar-refractivity contribution < 1.29 is 8.42 Å². The molecule has 1 aromatic carbocycles. The maximum Gasteiger partial charge on any atom is 0.243 e. The van der Waals surface area contributed by atoms with E-state index in [-0.39, 0.29) is 12.1 Å². The van der Waals surface area contributed by atoms with E-state index in [9.17, 15) is 8.42 Å². The number of nitrogens with zero attached hydrogens (tertiary/aromatic N) is 2. The van der Waals surface area contributed by atoms with E-state index in [0.29, 0.717) is 16.8 Å². The van der Waals surface area contributed by atoms with Gasteiger partial charge in [-0.3, -0.25) is 4.98 Å². The monoisotopic (exact) mass is 319 g/mol. The maximum absolute atomic E-state index is 13.2. The smallest absolute Gasteiger partial charge is 0.243 e. The number of pyridine rings is 1. The van der Waals surface area contributed by atoms with Crippen molar-refractivity contribution in [3.63, 3.8) is 0 Å². The molecule has 1 aliphatic rings. The summed E-state index contributed by atoms with van der Waals surface area (Å²) < 4.78 is 27.9. The van der Waals surface area contributed by atoms with Crippen molar-refractivity contribution in [3.8, 4) is 0 Å². The van der Waals surface area contributed by atoms with Crippen molar-refractivity contribution in [2.24, 2.45) is 5.73 Å². The molecule has 0 radical (unpaired) electrons. The van der Waals surface area contributed by atoms with E-state index in [4.69, 9.17) is 5.73 Å². The van der Waals surface area contributed by atoms with E-state index >= 15 is 0 Å². The number of hydrogen-bond acceptors (Lipinski definition) is 4. The first-order valence-electron chi connectivity index (χ1n) is 7.62. The van der Waals surface area contributed by atoms with Crippen LogP contribution in [0.2, 0.25) is 0 Å². The fourth-order valence-electron chi connectivity index (χ4n) is 3.20. The van der Waals surface area contributed by atoms with E-state index in [0.717, 1.165) is 24.6 Å². The molecule has 0 aliphatic carbocycles. The predicted octanol–water partition coefficient (Wildman–Crippen LogP) is 2.13. The van der Waals surface area contributed by atoms with Gasteiger partial charge >= 0.3 is 0 Å². The van der Waals surface area contributed by atoms with Gasteiger partial charge in [0.25, 0.3) is 0 Å². The minimum atomic E-state index is -3.56. The van der Waals surface area contributed by atoms with Crippen LogP contribution in [0.15, 0.2) is 41.6 Å². The van der Waals surface area contributed by atoms with Crippen molar-refractivity contribution in [2.75, 3.05) is 6.54 Å². The van der Waals surface area contributed by atoms with Crippen LogP contribution in [0.4, 0.5) is 0 Å². The third kappa shape index (κ3) is 2.62. The molecule has 6 heteroatoms. The highest BCUT2D eigenvalue weighted by molar-refractivity contribution is 7.89. The van der Waals surface area contributed by atoms with E-state index in [1.54, 1.807) is 34.9 Å². The van der Waals surface area contributed by atoms with E-state index in [1.807, 2.05) is 13.0 Å². The van der Waals surface area contributed by atoms with Crippen LogP contribution >= 0.6 is 0 Å². The fourth-order valence-corrected chi connectivity index (χ4v) is 5.19. The summed E-state index contributed by atoms with van der Waals surface area (Å²) in [4.78, 5) is 4.41. The highest BCUT2D eigenvalue weighted by Gasteiger charge is 2.35. The van der Waals surface area contributed by atoms with E-state index < -0.39 is 10.0 Å². The molecular formula is C16H21N3O2S. The Morgan fingerprint density at radius 3 is 2.91 bits per heavy atom. The molecule has 0 amide bonds. The van der Waals surface area contributed by atoms with Crippen molar-refractivity contribution in [1.82, 2.24) is 9.29 Å². The molecule has 5 nitrogen and oxygen atoms in total. The molecule has 1 aliphatic heterocycles. The molecule has 0 unspecified atom stereocenters. The van der Waals surface area contributed by atoms with Gasteiger partial charge in [0.2, 0.25) is 10.0 Å². The summed E-state index contributed by atoms with van der Waals surface area (Å²) in [7, 11) is -3.56. The molecule has 2 N–H and O–H groups in total. The summed E-state index contributed by atoms with van der Waals surface area (Å²) >= 11 is 0. The third-order valence-electron chi connectivity index (χ3n) is 4.33. The summed E-state index contributed by atoms with van der Waals surface area (Å²) in [6, 6.07) is 6.77. The van der Waals surface area contributed by atoms with Gasteiger partial charge in [0.1, 0.15) is 0 Å². The van der Waals surface area contributed by atoms with Gasteiger partial charge < -0.3 is 5.73 Å². The van der Waals surface area contributed by atoms with Crippen molar-refractivity contribution in [2.45, 2.75) is 43.2 Å². The van der Waals surface area contributed by atoms with Crippen LogP contribution in [0.5, 0.6) is 0 Å². The number of benzene rings is 1. The number of rotatable bonds is 3. The van der Waals surface area contributed by atoms with Gasteiger partial charge in [-0.1, -0.05) is 18.6 Å². The van der Waals surface area contributed by atoms with Gasteiger partial charge in [-0.05, 0) is 31.9 Å². The first-order valence-corrected chi connectivity index (χ1v) is 9.06.